The maximum atomic E-state index is 10.1. The lowest BCUT2D eigenvalue weighted by molar-refractivity contribution is 0.547. The van der Waals surface area contributed by atoms with Crippen LogP contribution in [-0.4, -0.2) is 16.7 Å². The van der Waals surface area contributed by atoms with Gasteiger partial charge >= 0.3 is 6.41 Å². The predicted molar refractivity (Wildman–Crippen MR) is 27.5 cm³/mol. The highest BCUT2D eigenvalue weighted by Crippen LogP contribution is 1.76. The van der Waals surface area contributed by atoms with Crippen molar-refractivity contribution in [1.29, 1.82) is 0 Å². The molecule has 1 amide bonds. The van der Waals surface area contributed by atoms with Crippen LogP contribution in [0.3, 0.4) is 0 Å². The highest BCUT2D eigenvalue weighted by Gasteiger charge is 1.95. The topological polar surface area (TPSA) is 52.2 Å². The monoisotopic (exact) mass is 120 g/mol. The summed E-state index contributed by atoms with van der Waals surface area (Å²) in [5, 5.41) is 0. The van der Waals surface area contributed by atoms with E-state index in [-0.39, 0.29) is 0 Å². The second-order valence-corrected chi connectivity index (χ2v) is 2.31. The number of rotatable bonds is 3. The third kappa shape index (κ3) is 3.61. The largest absolute Gasteiger partial charge is 0.593 e. The molecule has 0 aliphatic carbocycles. The molecule has 0 saturated carbocycles. The average molecular weight is 120 g/mol. The number of nitrogens with one attached hydrogen (secondary N) is 1. The molecular weight excluding hydrogens is 114 g/mol. The molecule has 0 bridgehead atoms. The van der Waals surface area contributed by atoms with E-state index >= 15 is 0 Å². The molecule has 0 rings (SSSR count). The van der Waals surface area contributed by atoms with Gasteiger partial charge in [-0.2, -0.15) is 4.72 Å². The predicted octanol–water partition coefficient (Wildman–Crippen LogP) is -0.673. The summed E-state index contributed by atoms with van der Waals surface area (Å²) in [6, 6.07) is 0. The first kappa shape index (κ1) is 6.78. The van der Waals surface area contributed by atoms with E-state index in [9.17, 15) is 9.35 Å². The van der Waals surface area contributed by atoms with E-state index in [1.807, 2.05) is 4.72 Å². The van der Waals surface area contributed by atoms with Crippen LogP contribution in [0.1, 0.15) is 6.92 Å². The lowest BCUT2D eigenvalue weighted by atomic mass is 11.0. The zero-order chi connectivity index (χ0) is 5.70. The molecule has 1 unspecified atom stereocenters. The van der Waals surface area contributed by atoms with Crippen molar-refractivity contribution in [1.82, 2.24) is 4.72 Å². The zero-order valence-corrected chi connectivity index (χ0v) is 4.75. The number of hydrogen-bond acceptors (Lipinski definition) is 2. The Bertz CT molecular complexity index is 58.9. The summed E-state index contributed by atoms with van der Waals surface area (Å²) in [5.41, 5.74) is 0. The minimum Gasteiger partial charge on any atom is -0.593 e. The molecule has 0 saturated heterocycles. The molecule has 3 nitrogen and oxygen atoms in total. The van der Waals surface area contributed by atoms with Crippen molar-refractivity contribution in [3.63, 3.8) is 0 Å². The third-order valence-corrected chi connectivity index (χ3v) is 1.25. The molecule has 0 aliphatic rings. The van der Waals surface area contributed by atoms with Crippen LogP contribution in [0, 0.1) is 0 Å². The number of carbonyl (C=O) groups excluding carboxylic acids is 1. The maximum absolute atomic E-state index is 10.1. The highest BCUT2D eigenvalue weighted by molar-refractivity contribution is 7.89. The Hall–Kier alpha value is -0.220. The molecule has 1 N–H and O–H groups in total. The van der Waals surface area contributed by atoms with Gasteiger partial charge in [-0.3, -0.25) is 4.79 Å². The smallest absolute Gasteiger partial charge is 0.354 e. The van der Waals surface area contributed by atoms with Crippen LogP contribution in [0.25, 0.3) is 0 Å². The Labute approximate surface area is 45.4 Å². The van der Waals surface area contributed by atoms with Gasteiger partial charge in [0.15, 0.2) is 0 Å². The Morgan fingerprint density at radius 1 is 2.00 bits per heavy atom. The molecule has 0 heterocycles. The van der Waals surface area contributed by atoms with E-state index in [1.165, 1.54) is 6.41 Å². The fourth-order valence-corrected chi connectivity index (χ4v) is 0.356. The summed E-state index contributed by atoms with van der Waals surface area (Å²) in [7, 11) is 0. The summed E-state index contributed by atoms with van der Waals surface area (Å²) in [6.45, 7) is 1.71. The van der Waals surface area contributed by atoms with Crippen LogP contribution in [0.2, 0.25) is 0 Å². The van der Waals surface area contributed by atoms with Gasteiger partial charge < -0.3 is 4.55 Å². The van der Waals surface area contributed by atoms with Crippen LogP contribution in [0.5, 0.6) is 0 Å². The Kier molecular flexibility index (Phi) is 3.83. The summed E-state index contributed by atoms with van der Waals surface area (Å²) in [4.78, 5) is 9.34. The van der Waals surface area contributed by atoms with Gasteiger partial charge in [-0.15, -0.1) is 0 Å². The first-order valence-electron chi connectivity index (χ1n) is 1.82. The van der Waals surface area contributed by atoms with Crippen LogP contribution in [0.4, 0.5) is 0 Å². The van der Waals surface area contributed by atoms with Gasteiger partial charge in [0.2, 0.25) is 0 Å². The summed E-state index contributed by atoms with van der Waals surface area (Å²) < 4.78 is 12.1. The average Bonchev–Trinajstić information content (AvgIpc) is 1.68. The standard InChI is InChI=1S/C3H6NO2S/c1-2-7(6)4-3-5/h2H2,1H3,(H,4,5). The molecule has 0 spiro atoms. The Morgan fingerprint density at radius 3 is 2.71 bits per heavy atom. The number of amides is 1. The molecule has 0 aromatic carbocycles. The Balaban J connectivity index is 2.98. The molecule has 0 fully saturated rings. The second-order valence-electron chi connectivity index (χ2n) is 0.838. The quantitative estimate of drug-likeness (QED) is 0.396. The lowest BCUT2D eigenvalue weighted by Gasteiger charge is -2.00. The van der Waals surface area contributed by atoms with E-state index in [0.29, 0.717) is 5.75 Å². The van der Waals surface area contributed by atoms with Crippen LogP contribution in [0.15, 0.2) is 0 Å². The van der Waals surface area contributed by atoms with Gasteiger partial charge in [-0.05, 0) is 6.92 Å². The van der Waals surface area contributed by atoms with Gasteiger partial charge in [-0.1, -0.05) is 0 Å². The summed E-state index contributed by atoms with van der Waals surface area (Å²) in [6.07, 6.45) is 1.32. The van der Waals surface area contributed by atoms with Crippen molar-refractivity contribution in [2.75, 3.05) is 5.75 Å². The molecule has 4 heteroatoms. The highest BCUT2D eigenvalue weighted by atomic mass is 32.2. The molecule has 0 aromatic rings. The van der Waals surface area contributed by atoms with Gasteiger partial charge in [0.25, 0.3) is 0 Å². The van der Waals surface area contributed by atoms with Crippen molar-refractivity contribution in [2.45, 2.75) is 6.92 Å². The lowest BCUT2D eigenvalue weighted by Crippen LogP contribution is -2.23. The molecule has 41 valence electrons. The molecular formula is C3H6NO2S. The van der Waals surface area contributed by atoms with E-state index in [0.717, 1.165) is 0 Å². The first-order valence-corrected chi connectivity index (χ1v) is 3.14. The first-order chi connectivity index (χ1) is 3.31. The molecule has 1 atom stereocenters. The minimum atomic E-state index is -1.20. The second kappa shape index (κ2) is 3.95. The van der Waals surface area contributed by atoms with Gasteiger partial charge in [0.1, 0.15) is 5.75 Å². The van der Waals surface area contributed by atoms with E-state index in [2.05, 4.69) is 0 Å². The van der Waals surface area contributed by atoms with Crippen molar-refractivity contribution in [3.05, 3.63) is 0 Å². The van der Waals surface area contributed by atoms with E-state index in [4.69, 9.17) is 0 Å². The van der Waals surface area contributed by atoms with E-state index < -0.39 is 11.4 Å². The fourth-order valence-electron chi connectivity index (χ4n) is 0.119. The number of hydrogen-bond donors (Lipinski definition) is 1. The van der Waals surface area contributed by atoms with Gasteiger partial charge in [0, 0.05) is 0 Å². The van der Waals surface area contributed by atoms with E-state index in [1.54, 1.807) is 6.92 Å². The normalized spacial score (nSPS) is 12.9. The van der Waals surface area contributed by atoms with Crippen molar-refractivity contribution in [2.24, 2.45) is 0 Å². The van der Waals surface area contributed by atoms with Gasteiger partial charge in [0.05, 0.1) is 11.4 Å². The Morgan fingerprint density at radius 2 is 2.57 bits per heavy atom. The molecule has 1 radical (unpaired) electrons. The van der Waals surface area contributed by atoms with Crippen LogP contribution < -0.4 is 4.72 Å². The van der Waals surface area contributed by atoms with Crippen molar-refractivity contribution >= 4 is 17.8 Å². The summed E-state index contributed by atoms with van der Waals surface area (Å²) in [5.74, 6) is 0.440. The van der Waals surface area contributed by atoms with Crippen LogP contribution in [-0.2, 0) is 16.2 Å². The summed E-state index contributed by atoms with van der Waals surface area (Å²) >= 11 is -1.20. The van der Waals surface area contributed by atoms with Crippen molar-refractivity contribution in [3.8, 4) is 0 Å². The molecule has 7 heavy (non-hydrogen) atoms. The minimum absolute atomic E-state index is 0.440. The maximum Gasteiger partial charge on any atom is 0.354 e. The third-order valence-electron chi connectivity index (χ3n) is 0.418. The van der Waals surface area contributed by atoms with Gasteiger partial charge in [-0.25, -0.2) is 0 Å². The molecule has 0 aliphatic heterocycles. The van der Waals surface area contributed by atoms with Crippen LogP contribution >= 0.6 is 0 Å². The van der Waals surface area contributed by atoms with Crippen molar-refractivity contribution < 1.29 is 9.35 Å². The SMILES string of the molecule is CC[S+]([O-])N[C]=O. The molecule has 0 aromatic heterocycles. The zero-order valence-electron chi connectivity index (χ0n) is 3.93. The fraction of sp³-hybridized carbons (Fsp3) is 0.667.